The number of hydrogen-bond acceptors (Lipinski definition) is 2. The standard InChI is InChI=1S/C7H3F3N3.3C4H9.Sn/c8-7(9,10)5-1-3-13-4-2-11-6(13)12-5;3*1-3-4-2;/h1-3H;3*1,3-4H2,2H3;. The molecule has 0 spiro atoms. The monoisotopic (exact) mass is 477 g/mol. The number of nitrogens with zero attached hydrogens (tertiary/aromatic N) is 3. The third-order valence-electron chi connectivity index (χ3n) is 5.24. The molecule has 0 bridgehead atoms. The number of imidazole rings is 1. The van der Waals surface area contributed by atoms with Crippen LogP contribution in [-0.2, 0) is 6.18 Å². The summed E-state index contributed by atoms with van der Waals surface area (Å²) in [6, 6.07) is 1.09. The first-order chi connectivity index (χ1) is 12.4. The Kier molecular flexibility index (Phi) is 7.79. The second-order valence-electron chi connectivity index (χ2n) is 7.21. The van der Waals surface area contributed by atoms with Crippen LogP contribution in [0.25, 0.3) is 5.78 Å². The maximum absolute atomic E-state index is 13.0. The summed E-state index contributed by atoms with van der Waals surface area (Å²) >= 11 is -2.75. The molecular formula is C19H30F3N3Sn. The molecule has 0 fully saturated rings. The molecule has 2 aromatic heterocycles. The van der Waals surface area contributed by atoms with Gasteiger partial charge < -0.3 is 0 Å². The van der Waals surface area contributed by atoms with Gasteiger partial charge in [-0.1, -0.05) is 0 Å². The summed E-state index contributed by atoms with van der Waals surface area (Å²) in [5, 5.41) is 0. The molecule has 7 heteroatoms. The van der Waals surface area contributed by atoms with Crippen LogP contribution in [0.1, 0.15) is 65.0 Å². The van der Waals surface area contributed by atoms with Crippen molar-refractivity contribution in [2.75, 3.05) is 0 Å². The van der Waals surface area contributed by atoms with Gasteiger partial charge in [-0.15, -0.1) is 0 Å². The zero-order valence-electron chi connectivity index (χ0n) is 16.1. The molecule has 0 aromatic carbocycles. The second-order valence-corrected chi connectivity index (χ2v) is 20.3. The molecule has 0 saturated heterocycles. The Balaban J connectivity index is 2.51. The van der Waals surface area contributed by atoms with Crippen molar-refractivity contribution in [2.45, 2.75) is 78.8 Å². The summed E-state index contributed by atoms with van der Waals surface area (Å²) in [5.74, 6) is 0.195. The molecule has 0 saturated carbocycles. The average molecular weight is 476 g/mol. The molecule has 0 aliphatic rings. The minimum absolute atomic E-state index is 0.195. The number of fused-ring (bicyclic) bond motifs is 1. The molecule has 2 aromatic rings. The van der Waals surface area contributed by atoms with Gasteiger partial charge in [-0.3, -0.25) is 0 Å². The van der Waals surface area contributed by atoms with Crippen LogP contribution in [0, 0.1) is 0 Å². The van der Waals surface area contributed by atoms with E-state index >= 15 is 0 Å². The average Bonchev–Trinajstić information content (AvgIpc) is 3.04. The molecule has 0 N–H and O–H groups in total. The fourth-order valence-corrected chi connectivity index (χ4v) is 19.8. The van der Waals surface area contributed by atoms with Gasteiger partial charge in [-0.25, -0.2) is 0 Å². The van der Waals surface area contributed by atoms with Crippen molar-refractivity contribution in [3.63, 3.8) is 0 Å². The Morgan fingerprint density at radius 2 is 1.50 bits per heavy atom. The van der Waals surface area contributed by atoms with Crippen LogP contribution in [0.3, 0.4) is 0 Å². The van der Waals surface area contributed by atoms with Crippen LogP contribution in [0.2, 0.25) is 13.3 Å². The van der Waals surface area contributed by atoms with Crippen LogP contribution < -0.4 is 3.71 Å². The van der Waals surface area contributed by atoms with Crippen molar-refractivity contribution in [1.29, 1.82) is 0 Å². The van der Waals surface area contributed by atoms with E-state index in [4.69, 9.17) is 0 Å². The molecule has 0 atom stereocenters. The molecule has 0 radical (unpaired) electrons. The van der Waals surface area contributed by atoms with Crippen molar-refractivity contribution in [2.24, 2.45) is 0 Å². The normalized spacial score (nSPS) is 12.8. The Hall–Kier alpha value is -0.791. The summed E-state index contributed by atoms with van der Waals surface area (Å²) in [5.41, 5.74) is -0.862. The molecule has 3 nitrogen and oxygen atoms in total. The van der Waals surface area contributed by atoms with Crippen LogP contribution in [-0.4, -0.2) is 32.7 Å². The molecule has 2 rings (SSSR count). The first kappa shape index (κ1) is 21.5. The van der Waals surface area contributed by atoms with E-state index in [0.717, 1.165) is 25.3 Å². The number of hydrogen-bond donors (Lipinski definition) is 0. The van der Waals surface area contributed by atoms with E-state index in [1.54, 1.807) is 6.20 Å². The SMILES string of the molecule is CCC[CH2][Sn]([CH2]CCC)([CH2]CCC)[c]1cnc2nc(C(F)(F)F)ccn12. The van der Waals surface area contributed by atoms with Crippen molar-refractivity contribution < 1.29 is 13.2 Å². The summed E-state index contributed by atoms with van der Waals surface area (Å²) in [7, 11) is 0. The zero-order chi connectivity index (χ0) is 19.2. The topological polar surface area (TPSA) is 30.2 Å². The molecule has 146 valence electrons. The van der Waals surface area contributed by atoms with Crippen molar-refractivity contribution in [3.8, 4) is 0 Å². The van der Waals surface area contributed by atoms with E-state index in [-0.39, 0.29) is 5.78 Å². The van der Waals surface area contributed by atoms with Crippen molar-refractivity contribution >= 4 is 27.9 Å². The van der Waals surface area contributed by atoms with Gasteiger partial charge in [0.1, 0.15) is 0 Å². The van der Waals surface area contributed by atoms with Gasteiger partial charge in [0.15, 0.2) is 0 Å². The predicted molar refractivity (Wildman–Crippen MR) is 103 cm³/mol. The number of aromatic nitrogens is 3. The zero-order valence-corrected chi connectivity index (χ0v) is 18.9. The Morgan fingerprint density at radius 3 is 1.96 bits per heavy atom. The van der Waals surface area contributed by atoms with Crippen molar-refractivity contribution in [1.82, 2.24) is 14.4 Å². The van der Waals surface area contributed by atoms with Gasteiger partial charge in [0.2, 0.25) is 0 Å². The van der Waals surface area contributed by atoms with Crippen LogP contribution >= 0.6 is 0 Å². The van der Waals surface area contributed by atoms with Crippen LogP contribution in [0.5, 0.6) is 0 Å². The summed E-state index contributed by atoms with van der Waals surface area (Å²) in [6.45, 7) is 6.63. The van der Waals surface area contributed by atoms with Gasteiger partial charge in [0, 0.05) is 0 Å². The fraction of sp³-hybridized carbons (Fsp3) is 0.684. The predicted octanol–water partition coefficient (Wildman–Crippen LogP) is 5.80. The van der Waals surface area contributed by atoms with Crippen LogP contribution in [0.4, 0.5) is 13.2 Å². The van der Waals surface area contributed by atoms with E-state index in [1.165, 1.54) is 36.3 Å². The van der Waals surface area contributed by atoms with E-state index in [1.807, 2.05) is 10.6 Å². The first-order valence-electron chi connectivity index (χ1n) is 9.79. The summed E-state index contributed by atoms with van der Waals surface area (Å²) in [4.78, 5) is 8.07. The van der Waals surface area contributed by atoms with Gasteiger partial charge >= 0.3 is 158 Å². The van der Waals surface area contributed by atoms with Crippen molar-refractivity contribution in [3.05, 3.63) is 24.2 Å². The third kappa shape index (κ3) is 4.93. The van der Waals surface area contributed by atoms with E-state index < -0.39 is 30.2 Å². The van der Waals surface area contributed by atoms with Gasteiger partial charge in [0.05, 0.1) is 0 Å². The van der Waals surface area contributed by atoms with E-state index in [9.17, 15) is 13.2 Å². The van der Waals surface area contributed by atoms with Gasteiger partial charge in [0.25, 0.3) is 0 Å². The summed E-state index contributed by atoms with van der Waals surface area (Å²) < 4.78 is 45.8. The number of alkyl halides is 3. The fourth-order valence-electron chi connectivity index (χ4n) is 3.73. The quantitative estimate of drug-likeness (QED) is 0.406. The molecule has 0 aliphatic carbocycles. The maximum atomic E-state index is 13.0. The Morgan fingerprint density at radius 1 is 0.962 bits per heavy atom. The number of halogens is 3. The molecule has 0 aliphatic heterocycles. The number of unbranched alkanes of at least 4 members (excludes halogenated alkanes) is 3. The Labute approximate surface area is 158 Å². The van der Waals surface area contributed by atoms with Gasteiger partial charge in [-0.2, -0.15) is 0 Å². The summed E-state index contributed by atoms with van der Waals surface area (Å²) in [6.07, 6.45) is 6.03. The van der Waals surface area contributed by atoms with E-state index in [2.05, 4.69) is 30.7 Å². The minimum atomic E-state index is -4.43. The van der Waals surface area contributed by atoms with E-state index in [0.29, 0.717) is 0 Å². The Bertz CT molecular complexity index is 675. The molecule has 0 unspecified atom stereocenters. The van der Waals surface area contributed by atoms with Crippen LogP contribution in [0.15, 0.2) is 18.5 Å². The van der Waals surface area contributed by atoms with Gasteiger partial charge in [-0.05, 0) is 0 Å². The molecular weight excluding hydrogens is 446 g/mol. The molecule has 2 heterocycles. The molecule has 0 amide bonds. The number of rotatable bonds is 10. The second kappa shape index (κ2) is 9.42. The first-order valence-corrected chi connectivity index (χ1v) is 17.3. The third-order valence-corrected chi connectivity index (χ3v) is 20.6. The molecule has 26 heavy (non-hydrogen) atoms.